The lowest BCUT2D eigenvalue weighted by molar-refractivity contribution is -0.384. The summed E-state index contributed by atoms with van der Waals surface area (Å²) < 4.78 is 23.5. The first-order chi connectivity index (χ1) is 7.23. The van der Waals surface area contributed by atoms with Crippen LogP contribution in [0.25, 0.3) is 0 Å². The molecule has 88 valence electrons. The zero-order valence-electron chi connectivity index (χ0n) is 9.17. The van der Waals surface area contributed by atoms with E-state index in [2.05, 4.69) is 0 Å². The van der Waals surface area contributed by atoms with E-state index in [0.29, 0.717) is 0 Å². The molecule has 0 saturated heterocycles. The first-order valence-corrected chi connectivity index (χ1v) is 6.27. The standard InChI is InChI=1S/C9H12N2O4S/c1-7-4-5-8(11(12)13)9(6-7)10(2)16(3,14)15/h4-6H,1-3H3. The summed E-state index contributed by atoms with van der Waals surface area (Å²) in [5.41, 5.74) is 0.613. The number of aryl methyl sites for hydroxylation is 1. The fraction of sp³-hybridized carbons (Fsp3) is 0.333. The van der Waals surface area contributed by atoms with Crippen LogP contribution in [-0.4, -0.2) is 26.6 Å². The molecule has 0 radical (unpaired) electrons. The summed E-state index contributed by atoms with van der Waals surface area (Å²) in [4.78, 5) is 10.1. The predicted octanol–water partition coefficient (Wildman–Crippen LogP) is 1.30. The van der Waals surface area contributed by atoms with Gasteiger partial charge in [0.05, 0.1) is 11.2 Å². The van der Waals surface area contributed by atoms with E-state index < -0.39 is 14.9 Å². The van der Waals surface area contributed by atoms with E-state index in [1.165, 1.54) is 19.2 Å². The molecule has 0 unspecified atom stereocenters. The number of hydrogen-bond donors (Lipinski definition) is 0. The second-order valence-electron chi connectivity index (χ2n) is 3.48. The monoisotopic (exact) mass is 244 g/mol. The Morgan fingerprint density at radius 1 is 1.38 bits per heavy atom. The van der Waals surface area contributed by atoms with Crippen molar-refractivity contribution < 1.29 is 13.3 Å². The lowest BCUT2D eigenvalue weighted by Gasteiger charge is -2.16. The average Bonchev–Trinajstić information content (AvgIpc) is 2.14. The molecule has 0 spiro atoms. The van der Waals surface area contributed by atoms with Crippen molar-refractivity contribution in [2.45, 2.75) is 6.92 Å². The molecule has 0 aliphatic rings. The van der Waals surface area contributed by atoms with Gasteiger partial charge >= 0.3 is 0 Å². The van der Waals surface area contributed by atoms with Crippen LogP contribution < -0.4 is 4.31 Å². The lowest BCUT2D eigenvalue weighted by Crippen LogP contribution is -2.25. The molecule has 1 rings (SSSR count). The van der Waals surface area contributed by atoms with Crippen LogP contribution >= 0.6 is 0 Å². The third kappa shape index (κ3) is 2.48. The van der Waals surface area contributed by atoms with Gasteiger partial charge in [-0.1, -0.05) is 6.07 Å². The van der Waals surface area contributed by atoms with Gasteiger partial charge in [-0.25, -0.2) is 8.42 Å². The smallest absolute Gasteiger partial charge is 0.267 e. The zero-order valence-corrected chi connectivity index (χ0v) is 9.98. The maximum atomic E-state index is 11.3. The molecule has 0 heterocycles. The van der Waals surface area contributed by atoms with Crippen LogP contribution in [0.3, 0.4) is 0 Å². The largest absolute Gasteiger partial charge is 0.293 e. The van der Waals surface area contributed by atoms with Crippen molar-refractivity contribution in [3.8, 4) is 0 Å². The third-order valence-electron chi connectivity index (χ3n) is 2.16. The van der Waals surface area contributed by atoms with Gasteiger partial charge in [0.2, 0.25) is 10.0 Å². The Morgan fingerprint density at radius 2 is 1.94 bits per heavy atom. The van der Waals surface area contributed by atoms with Crippen molar-refractivity contribution in [2.75, 3.05) is 17.6 Å². The van der Waals surface area contributed by atoms with Crippen LogP contribution in [0.2, 0.25) is 0 Å². The number of rotatable bonds is 3. The van der Waals surface area contributed by atoms with Gasteiger partial charge in [-0.3, -0.25) is 14.4 Å². The summed E-state index contributed by atoms with van der Waals surface area (Å²) in [6, 6.07) is 4.34. The number of nitrogens with zero attached hydrogens (tertiary/aromatic N) is 2. The van der Waals surface area contributed by atoms with Crippen LogP contribution in [0.1, 0.15) is 5.56 Å². The summed E-state index contributed by atoms with van der Waals surface area (Å²) in [5, 5.41) is 10.7. The Kier molecular flexibility index (Phi) is 3.18. The minimum Gasteiger partial charge on any atom is -0.267 e. The third-order valence-corrected chi connectivity index (χ3v) is 3.36. The molecule has 0 saturated carbocycles. The quantitative estimate of drug-likeness (QED) is 0.592. The molecule has 0 aliphatic carbocycles. The molecule has 1 aromatic rings. The Balaban J connectivity index is 3.42. The van der Waals surface area contributed by atoms with E-state index in [0.717, 1.165) is 16.1 Å². The summed E-state index contributed by atoms with van der Waals surface area (Å²) in [6.07, 6.45) is 0.999. The number of anilines is 1. The van der Waals surface area contributed by atoms with Gasteiger partial charge < -0.3 is 0 Å². The molecule has 0 N–H and O–H groups in total. The number of benzene rings is 1. The molecule has 0 aliphatic heterocycles. The maximum absolute atomic E-state index is 11.3. The van der Waals surface area contributed by atoms with E-state index >= 15 is 0 Å². The Labute approximate surface area is 93.7 Å². The summed E-state index contributed by atoms with van der Waals surface area (Å²) in [6.45, 7) is 1.74. The van der Waals surface area contributed by atoms with Crippen LogP contribution in [0, 0.1) is 17.0 Å². The molecule has 7 heteroatoms. The first kappa shape index (κ1) is 12.4. The fourth-order valence-corrected chi connectivity index (χ4v) is 1.72. The lowest BCUT2D eigenvalue weighted by atomic mass is 10.2. The Hall–Kier alpha value is -1.63. The highest BCUT2D eigenvalue weighted by atomic mass is 32.2. The predicted molar refractivity (Wildman–Crippen MR) is 61.1 cm³/mol. The minimum absolute atomic E-state index is 0.0764. The summed E-state index contributed by atoms with van der Waals surface area (Å²) in [7, 11) is -2.21. The molecule has 6 nitrogen and oxygen atoms in total. The van der Waals surface area contributed by atoms with Gasteiger partial charge in [0.15, 0.2) is 0 Å². The van der Waals surface area contributed by atoms with E-state index in [9.17, 15) is 18.5 Å². The minimum atomic E-state index is -3.50. The van der Waals surface area contributed by atoms with Crippen molar-refractivity contribution in [3.05, 3.63) is 33.9 Å². The summed E-state index contributed by atoms with van der Waals surface area (Å²) in [5.74, 6) is 0. The number of nitro groups is 1. The number of hydrogen-bond acceptors (Lipinski definition) is 4. The fourth-order valence-electron chi connectivity index (χ4n) is 1.22. The molecule has 0 aromatic heterocycles. The highest BCUT2D eigenvalue weighted by Gasteiger charge is 2.22. The topological polar surface area (TPSA) is 80.5 Å². The van der Waals surface area contributed by atoms with Gasteiger partial charge in [0, 0.05) is 13.1 Å². The van der Waals surface area contributed by atoms with Crippen molar-refractivity contribution >= 4 is 21.4 Å². The molecular formula is C9H12N2O4S. The first-order valence-electron chi connectivity index (χ1n) is 4.42. The van der Waals surface area contributed by atoms with Crippen LogP contribution in [0.5, 0.6) is 0 Å². The van der Waals surface area contributed by atoms with Crippen molar-refractivity contribution in [3.63, 3.8) is 0 Å². The van der Waals surface area contributed by atoms with E-state index in [-0.39, 0.29) is 11.4 Å². The molecule has 0 atom stereocenters. The maximum Gasteiger partial charge on any atom is 0.293 e. The van der Waals surface area contributed by atoms with Crippen molar-refractivity contribution in [1.29, 1.82) is 0 Å². The highest BCUT2D eigenvalue weighted by molar-refractivity contribution is 7.92. The van der Waals surface area contributed by atoms with Gasteiger partial charge in [-0.05, 0) is 18.6 Å². The van der Waals surface area contributed by atoms with Crippen LogP contribution in [0.15, 0.2) is 18.2 Å². The highest BCUT2D eigenvalue weighted by Crippen LogP contribution is 2.29. The van der Waals surface area contributed by atoms with Gasteiger partial charge in [0.25, 0.3) is 5.69 Å². The second-order valence-corrected chi connectivity index (χ2v) is 5.49. The Morgan fingerprint density at radius 3 is 2.38 bits per heavy atom. The van der Waals surface area contributed by atoms with Gasteiger partial charge in [0.1, 0.15) is 5.69 Å². The summed E-state index contributed by atoms with van der Waals surface area (Å²) >= 11 is 0. The van der Waals surface area contributed by atoms with E-state index in [1.54, 1.807) is 13.0 Å². The molecule has 1 aromatic carbocycles. The zero-order chi connectivity index (χ0) is 12.5. The molecular weight excluding hydrogens is 232 g/mol. The number of nitro benzene ring substituents is 1. The van der Waals surface area contributed by atoms with E-state index in [1.807, 2.05) is 0 Å². The average molecular weight is 244 g/mol. The van der Waals surface area contributed by atoms with Crippen molar-refractivity contribution in [2.24, 2.45) is 0 Å². The Bertz CT molecular complexity index is 524. The molecule has 0 fully saturated rings. The molecule has 0 bridgehead atoms. The normalized spacial score (nSPS) is 11.2. The van der Waals surface area contributed by atoms with Crippen LogP contribution in [-0.2, 0) is 10.0 Å². The van der Waals surface area contributed by atoms with Gasteiger partial charge in [-0.2, -0.15) is 0 Å². The second kappa shape index (κ2) is 4.09. The number of sulfonamides is 1. The SMILES string of the molecule is Cc1ccc([N+](=O)[O-])c(N(C)S(C)(=O)=O)c1. The molecule has 16 heavy (non-hydrogen) atoms. The van der Waals surface area contributed by atoms with Crippen molar-refractivity contribution in [1.82, 2.24) is 0 Å². The van der Waals surface area contributed by atoms with Crippen LogP contribution in [0.4, 0.5) is 11.4 Å². The molecule has 0 amide bonds. The van der Waals surface area contributed by atoms with E-state index in [4.69, 9.17) is 0 Å². The van der Waals surface area contributed by atoms with Gasteiger partial charge in [-0.15, -0.1) is 0 Å².